The van der Waals surface area contributed by atoms with Crippen LogP contribution >= 0.6 is 0 Å². The Morgan fingerprint density at radius 1 is 0.650 bits per heavy atom. The van der Waals surface area contributed by atoms with E-state index in [4.69, 9.17) is 29.4 Å². The average Bonchev–Trinajstić information content (AvgIpc) is 3.92. The number of methoxy groups -OCH3 is 3. The largest absolute Gasteiger partial charge is 0.497 e. The Morgan fingerprint density at radius 2 is 1.03 bits per heavy atom. The highest BCUT2D eigenvalue weighted by Crippen LogP contribution is 2.32. The summed E-state index contributed by atoms with van der Waals surface area (Å²) in [7, 11) is 1.30. The van der Waals surface area contributed by atoms with E-state index in [0.717, 1.165) is 80.0 Å². The van der Waals surface area contributed by atoms with Crippen molar-refractivity contribution in [2.75, 3.05) is 40.7 Å². The van der Waals surface area contributed by atoms with E-state index in [9.17, 15) is 22.8 Å². The summed E-state index contributed by atoms with van der Waals surface area (Å²) in [6.07, 6.45) is 4.07. The smallest absolute Gasteiger partial charge is 0.268 e. The molecular formula is C42H46N8O9S. The summed E-state index contributed by atoms with van der Waals surface area (Å²) in [5, 5.41) is 20.3. The number of carbonyl (C=O) groups is 3. The fourth-order valence-corrected chi connectivity index (χ4v) is 8.27. The Balaban J connectivity index is 0.000000137. The summed E-state index contributed by atoms with van der Waals surface area (Å²) in [6, 6.07) is 18.7. The van der Waals surface area contributed by atoms with Gasteiger partial charge in [-0.05, 0) is 104 Å². The summed E-state index contributed by atoms with van der Waals surface area (Å²) >= 11 is 0. The summed E-state index contributed by atoms with van der Waals surface area (Å²) in [6.45, 7) is 0.493. The highest BCUT2D eigenvalue weighted by atomic mass is 32.2. The van der Waals surface area contributed by atoms with Crippen molar-refractivity contribution in [1.82, 2.24) is 30.9 Å². The van der Waals surface area contributed by atoms with Gasteiger partial charge in [0.05, 0.1) is 52.7 Å². The number of H-pyrrole nitrogens is 3. The van der Waals surface area contributed by atoms with Gasteiger partial charge in [0.25, 0.3) is 27.8 Å². The molecule has 3 atom stereocenters. The minimum absolute atomic E-state index is 0.0464. The number of ether oxygens (including phenoxy) is 3. The molecule has 6 aromatic rings. The predicted octanol–water partition coefficient (Wildman–Crippen LogP) is 3.73. The molecule has 0 saturated carbocycles. The van der Waals surface area contributed by atoms with Gasteiger partial charge in [-0.25, -0.2) is 0 Å². The average molecular weight is 839 g/mol. The van der Waals surface area contributed by atoms with Crippen LogP contribution in [0.25, 0.3) is 32.7 Å². The van der Waals surface area contributed by atoms with Crippen LogP contribution in [0, 0.1) is 11.3 Å². The van der Waals surface area contributed by atoms with E-state index in [-0.39, 0.29) is 42.5 Å². The molecule has 0 radical (unpaired) electrons. The number of nitrogens with one attached hydrogen (secondary N) is 6. The van der Waals surface area contributed by atoms with Gasteiger partial charge >= 0.3 is 0 Å². The minimum Gasteiger partial charge on any atom is -0.497 e. The second-order valence-corrected chi connectivity index (χ2v) is 16.4. The first kappa shape index (κ1) is 41.6. The van der Waals surface area contributed by atoms with Gasteiger partial charge in [-0.15, -0.1) is 0 Å². The fraction of sp³-hybridized carbons (Fsp3) is 0.333. The maximum atomic E-state index is 12.2. The Hall–Kier alpha value is -6.55. The Kier molecular flexibility index (Phi) is 12.0. The van der Waals surface area contributed by atoms with Crippen LogP contribution in [0.15, 0.2) is 54.6 Å². The van der Waals surface area contributed by atoms with Crippen LogP contribution < -0.4 is 35.9 Å². The van der Waals surface area contributed by atoms with Crippen molar-refractivity contribution >= 4 is 60.5 Å². The molecule has 0 fully saturated rings. The lowest BCUT2D eigenvalue weighted by molar-refractivity contribution is 0.0900. The van der Waals surface area contributed by atoms with Gasteiger partial charge in [-0.1, -0.05) is 0 Å². The fourth-order valence-electron chi connectivity index (χ4n) is 7.86. The molecule has 0 bridgehead atoms. The lowest BCUT2D eigenvalue weighted by Crippen LogP contribution is -2.44. The number of hydrogen-bond acceptors (Lipinski definition) is 11. The first-order valence-electron chi connectivity index (χ1n) is 19.2. The molecule has 3 aromatic carbocycles. The molecule has 3 unspecified atom stereocenters. The number of nitriles is 1. The third-order valence-electron chi connectivity index (χ3n) is 10.7. The number of aromatic amines is 3. The Bertz CT molecular complexity index is 2770. The van der Waals surface area contributed by atoms with Gasteiger partial charge in [-0.3, -0.25) is 18.6 Å². The first-order chi connectivity index (χ1) is 28.8. The molecule has 0 aliphatic carbocycles. The molecule has 0 spiro atoms. The minimum atomic E-state index is -3.54. The molecule has 314 valence electrons. The summed E-state index contributed by atoms with van der Waals surface area (Å²) in [5.41, 5.74) is 12.9. The zero-order chi connectivity index (χ0) is 42.7. The van der Waals surface area contributed by atoms with Crippen LogP contribution in [-0.4, -0.2) is 100.0 Å². The number of hydrogen-bond donors (Lipinski definition) is 7. The number of carbonyl (C=O) groups excluding carboxylic acids is 3. The Labute approximate surface area is 345 Å². The molecule has 6 heterocycles. The van der Waals surface area contributed by atoms with Crippen molar-refractivity contribution in [2.24, 2.45) is 5.73 Å². The van der Waals surface area contributed by atoms with Crippen molar-refractivity contribution in [3.63, 3.8) is 0 Å². The number of rotatable bonds is 9. The number of benzene rings is 3. The van der Waals surface area contributed by atoms with Crippen molar-refractivity contribution in [1.29, 1.82) is 5.26 Å². The van der Waals surface area contributed by atoms with Crippen molar-refractivity contribution in [3.8, 4) is 23.3 Å². The number of nitrogens with two attached hydrogens (primary N) is 1. The summed E-state index contributed by atoms with van der Waals surface area (Å²) in [5.74, 6) is 1.81. The van der Waals surface area contributed by atoms with Crippen molar-refractivity contribution in [3.05, 3.63) is 88.4 Å². The van der Waals surface area contributed by atoms with Crippen molar-refractivity contribution in [2.45, 2.75) is 50.2 Å². The van der Waals surface area contributed by atoms with E-state index >= 15 is 0 Å². The second-order valence-electron chi connectivity index (χ2n) is 14.7. The second kappa shape index (κ2) is 17.4. The maximum absolute atomic E-state index is 12.2. The van der Waals surface area contributed by atoms with Crippen LogP contribution in [-0.2, 0) is 33.6 Å². The van der Waals surface area contributed by atoms with E-state index < -0.39 is 10.1 Å². The van der Waals surface area contributed by atoms with E-state index in [1.807, 2.05) is 54.6 Å². The molecule has 3 amide bonds. The van der Waals surface area contributed by atoms with Gasteiger partial charge in [0.1, 0.15) is 34.3 Å². The molecule has 60 heavy (non-hydrogen) atoms. The van der Waals surface area contributed by atoms with Gasteiger partial charge in [-0.2, -0.15) is 13.7 Å². The third-order valence-corrected chi connectivity index (χ3v) is 11.3. The lowest BCUT2D eigenvalue weighted by Gasteiger charge is -2.23. The molecule has 3 aromatic heterocycles. The van der Waals surface area contributed by atoms with E-state index in [2.05, 4.69) is 37.0 Å². The number of nitrogens with zero attached hydrogens (tertiary/aromatic N) is 1. The molecule has 9 rings (SSSR count). The molecule has 8 N–H and O–H groups in total. The summed E-state index contributed by atoms with van der Waals surface area (Å²) in [4.78, 5) is 45.7. The van der Waals surface area contributed by atoms with E-state index in [1.165, 1.54) is 0 Å². The first-order valence-corrected chi connectivity index (χ1v) is 21.0. The van der Waals surface area contributed by atoms with Crippen LogP contribution in [0.5, 0.6) is 17.2 Å². The van der Waals surface area contributed by atoms with Crippen LogP contribution in [0.2, 0.25) is 0 Å². The van der Waals surface area contributed by atoms with Gasteiger partial charge in [0.2, 0.25) is 0 Å². The van der Waals surface area contributed by atoms with E-state index in [0.29, 0.717) is 48.6 Å². The maximum Gasteiger partial charge on any atom is 0.268 e. The molecule has 17 nitrogen and oxygen atoms in total. The third kappa shape index (κ3) is 8.73. The lowest BCUT2D eigenvalue weighted by atomic mass is 9.96. The summed E-state index contributed by atoms with van der Waals surface area (Å²) < 4.78 is 42.6. The monoisotopic (exact) mass is 838 g/mol. The number of fused-ring (bicyclic) bond motifs is 9. The molecule has 18 heteroatoms. The zero-order valence-corrected chi connectivity index (χ0v) is 34.3. The quantitative estimate of drug-likeness (QED) is 0.103. The predicted molar refractivity (Wildman–Crippen MR) is 224 cm³/mol. The van der Waals surface area contributed by atoms with Crippen LogP contribution in [0.1, 0.15) is 61.0 Å². The normalized spacial score (nSPS) is 18.0. The molecule has 3 aliphatic rings. The Morgan fingerprint density at radius 3 is 1.42 bits per heavy atom. The highest BCUT2D eigenvalue weighted by molar-refractivity contribution is 7.86. The number of amides is 3. The van der Waals surface area contributed by atoms with Crippen molar-refractivity contribution < 1.29 is 41.2 Å². The standard InChI is InChI=1S/C14H17N3O2.C14H13N3O2.C14H16N2O5S/c2*1-19-9-2-3-12-10(7-9)11-6-8(4-5-15)16-14(18)13(11)17-12;1-20-9-3-4-12-10(6-9)11-5-8(7-21-22(2,18)19)15-14(17)13(11)16-12/h2-3,7-8,17H,4-6,15H2,1H3,(H,16,18);2-3,7-8,17H,4,6H2,1H3,(H,16,18);3-4,6,8,16H,5,7H2,1-2H3,(H,15,17). The molecule has 0 saturated heterocycles. The van der Waals surface area contributed by atoms with Crippen LogP contribution in [0.3, 0.4) is 0 Å². The highest BCUT2D eigenvalue weighted by Gasteiger charge is 2.30. The van der Waals surface area contributed by atoms with Crippen LogP contribution in [0.4, 0.5) is 0 Å². The zero-order valence-electron chi connectivity index (χ0n) is 33.5. The molecule has 3 aliphatic heterocycles. The topological polar surface area (TPSA) is 256 Å². The SMILES string of the molecule is COc1ccc2[nH]c3c(c2c1)CC(CC#N)NC3=O.COc1ccc2[nH]c3c(c2c1)CC(CCN)NC3=O.COc1ccc2[nH]c3c(c2c1)CC(COS(C)(=O)=O)NC3=O. The van der Waals surface area contributed by atoms with E-state index in [1.54, 1.807) is 21.3 Å². The molecular weight excluding hydrogens is 793 g/mol. The van der Waals surface area contributed by atoms with Gasteiger partial charge in [0.15, 0.2) is 0 Å². The number of aromatic nitrogens is 3. The van der Waals surface area contributed by atoms with Gasteiger partial charge < -0.3 is 50.8 Å². The van der Waals surface area contributed by atoms with Gasteiger partial charge in [0, 0.05) is 44.8 Å².